The second kappa shape index (κ2) is 4.93. The molecule has 3 atom stereocenters. The van der Waals surface area contributed by atoms with Gasteiger partial charge in [-0.2, -0.15) is 5.26 Å². The molecule has 1 unspecified atom stereocenters. The van der Waals surface area contributed by atoms with Crippen molar-refractivity contribution in [2.24, 2.45) is 5.92 Å². The molecule has 100 valence electrons. The fourth-order valence-electron chi connectivity index (χ4n) is 1.87. The lowest BCUT2D eigenvalue weighted by molar-refractivity contribution is -0.150. The van der Waals surface area contributed by atoms with E-state index in [0.29, 0.717) is 5.75 Å². The molecule has 2 heterocycles. The zero-order valence-electron chi connectivity index (χ0n) is 9.99. The average molecular weight is 281 g/mol. The third-order valence-corrected chi connectivity index (χ3v) is 4.13. The summed E-state index contributed by atoms with van der Waals surface area (Å²) in [4.78, 5) is 35.6. The Bertz CT molecular complexity index is 525. The highest BCUT2D eigenvalue weighted by atomic mass is 32.2. The fraction of sp³-hybridized carbons (Fsp3) is 0.455. The highest BCUT2D eigenvalue weighted by molar-refractivity contribution is 8.00. The maximum atomic E-state index is 11.9. The minimum atomic E-state index is -1.16. The molecule has 2 aliphatic rings. The van der Waals surface area contributed by atoms with Gasteiger partial charge in [-0.15, -0.1) is 11.8 Å². The van der Waals surface area contributed by atoms with Crippen molar-refractivity contribution in [3.8, 4) is 6.07 Å². The van der Waals surface area contributed by atoms with Crippen molar-refractivity contribution >= 4 is 29.5 Å². The smallest absolute Gasteiger partial charge is 0.352 e. The van der Waals surface area contributed by atoms with Gasteiger partial charge in [-0.05, 0) is 13.0 Å². The van der Waals surface area contributed by atoms with Crippen LogP contribution in [0.4, 0.5) is 0 Å². The summed E-state index contributed by atoms with van der Waals surface area (Å²) in [5.74, 6) is -2.51. The van der Waals surface area contributed by atoms with E-state index in [1.54, 1.807) is 6.07 Å². The van der Waals surface area contributed by atoms with Crippen LogP contribution in [0.15, 0.2) is 11.8 Å². The third kappa shape index (κ3) is 2.17. The van der Waals surface area contributed by atoms with E-state index in [-0.39, 0.29) is 5.70 Å². The van der Waals surface area contributed by atoms with E-state index in [0.717, 1.165) is 0 Å². The van der Waals surface area contributed by atoms with Crippen LogP contribution < -0.4 is 5.32 Å². The summed E-state index contributed by atoms with van der Waals surface area (Å²) >= 11 is 1.38. The summed E-state index contributed by atoms with van der Waals surface area (Å²) in [5, 5.41) is 19.7. The van der Waals surface area contributed by atoms with Gasteiger partial charge in [0, 0.05) is 5.75 Å². The minimum absolute atomic E-state index is 0.0485. The van der Waals surface area contributed by atoms with E-state index in [1.807, 2.05) is 0 Å². The van der Waals surface area contributed by atoms with Crippen LogP contribution in [0.5, 0.6) is 0 Å². The summed E-state index contributed by atoms with van der Waals surface area (Å²) in [7, 11) is 0. The zero-order valence-corrected chi connectivity index (χ0v) is 10.8. The lowest BCUT2D eigenvalue weighted by Crippen LogP contribution is -2.70. The fourth-order valence-corrected chi connectivity index (χ4v) is 3.07. The lowest BCUT2D eigenvalue weighted by atomic mass is 10.0. The van der Waals surface area contributed by atoms with E-state index in [9.17, 15) is 14.4 Å². The highest BCUT2D eigenvalue weighted by Crippen LogP contribution is 2.37. The van der Waals surface area contributed by atoms with Crippen LogP contribution in [-0.4, -0.2) is 45.0 Å². The second-order valence-electron chi connectivity index (χ2n) is 4.16. The molecule has 0 saturated carbocycles. The largest absolute Gasteiger partial charge is 0.477 e. The molecule has 0 radical (unpaired) electrons. The SMILES string of the molecule is CC(C#N)C(=O)N[C@@H]1C(=O)N2C(C(=O)O)=CCS[C@@H]12. The van der Waals surface area contributed by atoms with E-state index in [1.165, 1.54) is 29.7 Å². The molecule has 2 N–H and O–H groups in total. The van der Waals surface area contributed by atoms with E-state index in [2.05, 4.69) is 5.32 Å². The number of nitrogens with zero attached hydrogens (tertiary/aromatic N) is 2. The van der Waals surface area contributed by atoms with Crippen molar-refractivity contribution in [1.29, 1.82) is 5.26 Å². The number of hydrogen-bond donors (Lipinski definition) is 2. The number of nitrogens with one attached hydrogen (secondary N) is 1. The van der Waals surface area contributed by atoms with Gasteiger partial charge in [0.25, 0.3) is 5.91 Å². The summed E-state index contributed by atoms with van der Waals surface area (Å²) in [6, 6.07) is 1.03. The first kappa shape index (κ1) is 13.4. The molecule has 1 saturated heterocycles. The van der Waals surface area contributed by atoms with Crippen molar-refractivity contribution in [3.05, 3.63) is 11.8 Å². The van der Waals surface area contributed by atoms with Crippen LogP contribution in [-0.2, 0) is 14.4 Å². The Morgan fingerprint density at radius 2 is 2.37 bits per heavy atom. The molecule has 2 aliphatic heterocycles. The number of hydrogen-bond acceptors (Lipinski definition) is 5. The second-order valence-corrected chi connectivity index (χ2v) is 5.31. The molecule has 0 spiro atoms. The van der Waals surface area contributed by atoms with Crippen molar-refractivity contribution in [3.63, 3.8) is 0 Å². The third-order valence-electron chi connectivity index (χ3n) is 2.95. The normalized spacial score (nSPS) is 26.4. The van der Waals surface area contributed by atoms with Gasteiger partial charge < -0.3 is 10.4 Å². The molecule has 19 heavy (non-hydrogen) atoms. The van der Waals surface area contributed by atoms with Crippen LogP contribution in [0, 0.1) is 17.2 Å². The number of β-lactam (4-membered cyclic amide) rings is 1. The van der Waals surface area contributed by atoms with Crippen LogP contribution >= 0.6 is 11.8 Å². The molecule has 2 rings (SSSR count). The molecular formula is C11H11N3O4S. The van der Waals surface area contributed by atoms with Gasteiger partial charge in [0.1, 0.15) is 23.0 Å². The van der Waals surface area contributed by atoms with Gasteiger partial charge in [-0.3, -0.25) is 14.5 Å². The van der Waals surface area contributed by atoms with Gasteiger partial charge in [-0.1, -0.05) is 0 Å². The summed E-state index contributed by atoms with van der Waals surface area (Å²) in [5.41, 5.74) is -0.0485. The number of amides is 2. The Hall–Kier alpha value is -2.01. The first-order chi connectivity index (χ1) is 8.97. The number of carbonyl (C=O) groups excluding carboxylic acids is 2. The average Bonchev–Trinajstić information content (AvgIpc) is 2.42. The predicted molar refractivity (Wildman–Crippen MR) is 65.5 cm³/mol. The van der Waals surface area contributed by atoms with Crippen LogP contribution in [0.3, 0.4) is 0 Å². The van der Waals surface area contributed by atoms with Crippen LogP contribution in [0.25, 0.3) is 0 Å². The first-order valence-electron chi connectivity index (χ1n) is 5.55. The molecule has 7 nitrogen and oxygen atoms in total. The van der Waals surface area contributed by atoms with Crippen molar-refractivity contribution in [2.45, 2.75) is 18.3 Å². The topological polar surface area (TPSA) is 111 Å². The number of nitriles is 1. The van der Waals surface area contributed by atoms with Gasteiger partial charge in [-0.25, -0.2) is 4.79 Å². The monoisotopic (exact) mass is 281 g/mol. The Morgan fingerprint density at radius 1 is 1.68 bits per heavy atom. The van der Waals surface area contributed by atoms with Gasteiger partial charge in [0.15, 0.2) is 0 Å². The Labute approximate surface area is 113 Å². The van der Waals surface area contributed by atoms with Crippen molar-refractivity contribution in [1.82, 2.24) is 10.2 Å². The van der Waals surface area contributed by atoms with E-state index >= 15 is 0 Å². The number of aliphatic carboxylic acids is 1. The van der Waals surface area contributed by atoms with Gasteiger partial charge in [0.05, 0.1) is 6.07 Å². The maximum Gasteiger partial charge on any atom is 0.352 e. The Kier molecular flexibility index (Phi) is 3.48. The molecular weight excluding hydrogens is 270 g/mol. The molecule has 8 heteroatoms. The standard InChI is InChI=1S/C11H11N3O4S/c1-5(4-12)8(15)13-7-9(16)14-6(11(17)18)2-3-19-10(7)14/h2,5,7,10H,3H2,1H3,(H,13,15)(H,17,18)/t5?,7-,10+/m1/s1. The minimum Gasteiger partial charge on any atom is -0.477 e. The van der Waals surface area contributed by atoms with E-state index < -0.39 is 35.1 Å². The molecule has 0 aliphatic carbocycles. The number of carboxylic acid groups (broad SMARTS) is 1. The van der Waals surface area contributed by atoms with Crippen molar-refractivity contribution in [2.75, 3.05) is 5.75 Å². The molecule has 0 aromatic rings. The number of carboxylic acids is 1. The Balaban J connectivity index is 2.08. The number of rotatable bonds is 3. The molecule has 1 fully saturated rings. The predicted octanol–water partition coefficient (Wildman–Crippen LogP) is -0.486. The van der Waals surface area contributed by atoms with Crippen LogP contribution in [0.2, 0.25) is 0 Å². The summed E-state index contributed by atoms with van der Waals surface area (Å²) in [6.45, 7) is 1.44. The Morgan fingerprint density at radius 3 is 2.95 bits per heavy atom. The van der Waals surface area contributed by atoms with Crippen molar-refractivity contribution < 1.29 is 19.5 Å². The lowest BCUT2D eigenvalue weighted by Gasteiger charge is -2.48. The number of thioether (sulfide) groups is 1. The quantitative estimate of drug-likeness (QED) is 0.676. The highest BCUT2D eigenvalue weighted by Gasteiger charge is 2.52. The first-order valence-corrected chi connectivity index (χ1v) is 6.60. The molecule has 2 amide bonds. The molecule has 0 aromatic heterocycles. The number of carbonyl (C=O) groups is 3. The maximum absolute atomic E-state index is 11.9. The van der Waals surface area contributed by atoms with Crippen LogP contribution in [0.1, 0.15) is 6.92 Å². The summed E-state index contributed by atoms with van der Waals surface area (Å²) < 4.78 is 0. The zero-order chi connectivity index (χ0) is 14.2. The number of fused-ring (bicyclic) bond motifs is 1. The van der Waals surface area contributed by atoms with Gasteiger partial charge >= 0.3 is 5.97 Å². The molecule has 0 aromatic carbocycles. The van der Waals surface area contributed by atoms with E-state index in [4.69, 9.17) is 10.4 Å². The van der Waals surface area contributed by atoms with Gasteiger partial charge in [0.2, 0.25) is 5.91 Å². The summed E-state index contributed by atoms with van der Waals surface area (Å²) in [6.07, 6.45) is 1.47. The molecule has 0 bridgehead atoms.